The van der Waals surface area contributed by atoms with Crippen LogP contribution in [0.4, 0.5) is 0 Å². The normalized spacial score (nSPS) is 40.9. The van der Waals surface area contributed by atoms with Crippen LogP contribution >= 0.6 is 11.6 Å². The SMILES string of the molecule is CCCCCCCC[C@H]1CC[C@H]2[C@@H]3CC=C4C[C@@H](OC(=O)[C@@H](C)Cl)CC[C@]4(C)[C@H]3CC[C@]12C. The van der Waals surface area contributed by atoms with E-state index in [1.807, 2.05) is 0 Å². The summed E-state index contributed by atoms with van der Waals surface area (Å²) in [6.07, 6.45) is 22.7. The Morgan fingerprint density at radius 3 is 2.58 bits per heavy atom. The van der Waals surface area contributed by atoms with Crippen molar-refractivity contribution >= 4 is 17.6 Å². The predicted octanol–water partition coefficient (Wildman–Crippen LogP) is 8.86. The Bertz CT molecular complexity index is 714. The van der Waals surface area contributed by atoms with Gasteiger partial charge >= 0.3 is 5.97 Å². The van der Waals surface area contributed by atoms with Crippen molar-refractivity contribution in [2.45, 2.75) is 135 Å². The first-order valence-electron chi connectivity index (χ1n) is 14.3. The van der Waals surface area contributed by atoms with Crippen LogP contribution in [0.3, 0.4) is 0 Å². The second-order valence-electron chi connectivity index (χ2n) is 12.6. The summed E-state index contributed by atoms with van der Waals surface area (Å²) >= 11 is 5.95. The molecule has 0 saturated heterocycles. The van der Waals surface area contributed by atoms with Gasteiger partial charge in [-0.15, -0.1) is 11.6 Å². The van der Waals surface area contributed by atoms with E-state index in [1.54, 1.807) is 12.5 Å². The molecule has 0 aromatic rings. The molecule has 0 aromatic carbocycles. The van der Waals surface area contributed by atoms with Crippen LogP contribution in [-0.2, 0) is 9.53 Å². The van der Waals surface area contributed by atoms with Crippen LogP contribution in [0.15, 0.2) is 11.6 Å². The fourth-order valence-electron chi connectivity index (χ4n) is 8.74. The monoisotopic (exact) mass is 476 g/mol. The summed E-state index contributed by atoms with van der Waals surface area (Å²) in [7, 11) is 0. The quantitative estimate of drug-likeness (QED) is 0.144. The molecule has 0 bridgehead atoms. The van der Waals surface area contributed by atoms with Crippen LogP contribution in [-0.4, -0.2) is 17.5 Å². The Kier molecular flexibility index (Phi) is 8.24. The molecule has 8 atom stereocenters. The van der Waals surface area contributed by atoms with Gasteiger partial charge in [-0.2, -0.15) is 0 Å². The van der Waals surface area contributed by atoms with E-state index in [-0.39, 0.29) is 12.1 Å². The lowest BCUT2D eigenvalue weighted by Crippen LogP contribution is -2.50. The molecule has 0 aliphatic heterocycles. The Morgan fingerprint density at radius 1 is 1.06 bits per heavy atom. The molecular weight excluding hydrogens is 428 g/mol. The number of esters is 1. The van der Waals surface area contributed by atoms with Gasteiger partial charge in [-0.3, -0.25) is 4.79 Å². The Balaban J connectivity index is 1.38. The summed E-state index contributed by atoms with van der Waals surface area (Å²) in [6.45, 7) is 9.24. The minimum absolute atomic E-state index is 0.0246. The van der Waals surface area contributed by atoms with Crippen LogP contribution in [0.5, 0.6) is 0 Å². The first-order valence-corrected chi connectivity index (χ1v) is 14.8. The number of halogens is 1. The van der Waals surface area contributed by atoms with Gasteiger partial charge in [0.15, 0.2) is 0 Å². The largest absolute Gasteiger partial charge is 0.461 e. The lowest BCUT2D eigenvalue weighted by atomic mass is 9.47. The molecule has 3 heteroatoms. The molecule has 4 aliphatic rings. The van der Waals surface area contributed by atoms with Gasteiger partial charge in [-0.1, -0.05) is 70.9 Å². The van der Waals surface area contributed by atoms with E-state index in [0.29, 0.717) is 10.8 Å². The molecule has 3 saturated carbocycles. The first-order chi connectivity index (χ1) is 15.8. The van der Waals surface area contributed by atoms with E-state index in [4.69, 9.17) is 16.3 Å². The summed E-state index contributed by atoms with van der Waals surface area (Å²) in [6, 6.07) is 0. The number of hydrogen-bond donors (Lipinski definition) is 0. The van der Waals surface area contributed by atoms with Crippen molar-refractivity contribution in [3.8, 4) is 0 Å². The minimum atomic E-state index is -0.550. The van der Waals surface area contributed by atoms with Gasteiger partial charge < -0.3 is 4.74 Å². The zero-order valence-corrected chi connectivity index (χ0v) is 22.6. The van der Waals surface area contributed by atoms with Gasteiger partial charge in [-0.25, -0.2) is 0 Å². The van der Waals surface area contributed by atoms with Gasteiger partial charge in [0.2, 0.25) is 0 Å². The molecule has 0 spiro atoms. The van der Waals surface area contributed by atoms with E-state index in [1.165, 1.54) is 83.5 Å². The standard InChI is InChI=1S/C30H49ClO2/c1-5-6-7-8-9-10-11-22-13-15-26-25-14-12-23-20-24(33-28(32)21(2)31)16-18-30(23,4)27(25)17-19-29(22,26)3/h12,21-22,24-27H,5-11,13-20H2,1-4H3/t21-,22+,24+,25+,26+,27+,29-,30+/m1/s1. The van der Waals surface area contributed by atoms with E-state index in [2.05, 4.69) is 26.8 Å². The summed E-state index contributed by atoms with van der Waals surface area (Å²) in [4.78, 5) is 12.0. The molecule has 3 fully saturated rings. The Labute approximate surface area is 208 Å². The molecule has 0 heterocycles. The summed E-state index contributed by atoms with van der Waals surface area (Å²) in [5.41, 5.74) is 2.48. The molecule has 188 valence electrons. The van der Waals surface area contributed by atoms with Crippen molar-refractivity contribution in [2.75, 3.05) is 0 Å². The highest BCUT2D eigenvalue weighted by Crippen LogP contribution is 2.66. The lowest BCUT2D eigenvalue weighted by molar-refractivity contribution is -0.150. The number of unbranched alkanes of at least 4 members (excludes halogenated alkanes) is 5. The van der Waals surface area contributed by atoms with Crippen LogP contribution in [0, 0.1) is 34.5 Å². The highest BCUT2D eigenvalue weighted by Gasteiger charge is 2.58. The number of carbonyl (C=O) groups is 1. The zero-order valence-electron chi connectivity index (χ0n) is 21.8. The average Bonchev–Trinajstić information content (AvgIpc) is 3.12. The molecule has 4 aliphatic carbocycles. The lowest BCUT2D eigenvalue weighted by Gasteiger charge is -2.58. The first kappa shape index (κ1) is 25.6. The fraction of sp³-hybridized carbons (Fsp3) is 0.900. The van der Waals surface area contributed by atoms with E-state index in [9.17, 15) is 4.79 Å². The number of alkyl halides is 1. The highest BCUT2D eigenvalue weighted by molar-refractivity contribution is 6.29. The molecule has 2 nitrogen and oxygen atoms in total. The van der Waals surface area contributed by atoms with Crippen LogP contribution < -0.4 is 0 Å². The maximum absolute atomic E-state index is 12.0. The minimum Gasteiger partial charge on any atom is -0.461 e. The predicted molar refractivity (Wildman–Crippen MR) is 138 cm³/mol. The third-order valence-corrected chi connectivity index (χ3v) is 10.9. The molecule has 0 N–H and O–H groups in total. The molecule has 0 radical (unpaired) electrons. The zero-order chi connectivity index (χ0) is 23.6. The van der Waals surface area contributed by atoms with Crippen molar-refractivity contribution in [1.82, 2.24) is 0 Å². The molecule has 33 heavy (non-hydrogen) atoms. The van der Waals surface area contributed by atoms with Gasteiger partial charge in [0, 0.05) is 6.42 Å². The number of ether oxygens (including phenoxy) is 1. The van der Waals surface area contributed by atoms with Crippen molar-refractivity contribution in [3.05, 3.63) is 11.6 Å². The third-order valence-electron chi connectivity index (χ3n) is 10.8. The van der Waals surface area contributed by atoms with Crippen LogP contribution in [0.1, 0.15) is 124 Å². The second-order valence-corrected chi connectivity index (χ2v) is 13.2. The molecule has 4 rings (SSSR count). The molecule has 0 aromatic heterocycles. The molecule has 0 amide bonds. The van der Waals surface area contributed by atoms with E-state index < -0.39 is 5.38 Å². The number of carbonyl (C=O) groups excluding carboxylic acids is 1. The summed E-state index contributed by atoms with van der Waals surface area (Å²) in [5, 5.41) is -0.550. The highest BCUT2D eigenvalue weighted by atomic mass is 35.5. The number of rotatable bonds is 9. The third kappa shape index (κ3) is 5.07. The van der Waals surface area contributed by atoms with Gasteiger partial charge in [0.05, 0.1) is 0 Å². The van der Waals surface area contributed by atoms with Crippen molar-refractivity contribution < 1.29 is 9.53 Å². The maximum atomic E-state index is 12.0. The van der Waals surface area contributed by atoms with Crippen molar-refractivity contribution in [2.24, 2.45) is 34.5 Å². The maximum Gasteiger partial charge on any atom is 0.324 e. The number of allylic oxidation sites excluding steroid dienone is 1. The molecule has 0 unspecified atom stereocenters. The summed E-state index contributed by atoms with van der Waals surface area (Å²) < 4.78 is 5.74. The van der Waals surface area contributed by atoms with Gasteiger partial charge in [0.1, 0.15) is 11.5 Å². The van der Waals surface area contributed by atoms with Crippen molar-refractivity contribution in [1.29, 1.82) is 0 Å². The van der Waals surface area contributed by atoms with Crippen LogP contribution in [0.2, 0.25) is 0 Å². The fourth-order valence-corrected chi connectivity index (χ4v) is 8.79. The van der Waals surface area contributed by atoms with Gasteiger partial charge in [-0.05, 0) is 92.8 Å². The van der Waals surface area contributed by atoms with Gasteiger partial charge in [0.25, 0.3) is 0 Å². The van der Waals surface area contributed by atoms with E-state index >= 15 is 0 Å². The van der Waals surface area contributed by atoms with Crippen LogP contribution in [0.25, 0.3) is 0 Å². The van der Waals surface area contributed by atoms with Crippen molar-refractivity contribution in [3.63, 3.8) is 0 Å². The Hall–Kier alpha value is -0.500. The van der Waals surface area contributed by atoms with E-state index in [0.717, 1.165) is 36.5 Å². The topological polar surface area (TPSA) is 26.3 Å². The Morgan fingerprint density at radius 2 is 1.82 bits per heavy atom. The second kappa shape index (κ2) is 10.6. The number of hydrogen-bond acceptors (Lipinski definition) is 2. The number of fused-ring (bicyclic) bond motifs is 5. The smallest absolute Gasteiger partial charge is 0.324 e. The summed E-state index contributed by atoms with van der Waals surface area (Å²) in [5.74, 6) is 3.32. The molecular formula is C30H49ClO2. The average molecular weight is 477 g/mol.